The van der Waals surface area contributed by atoms with Gasteiger partial charge in [0.1, 0.15) is 5.75 Å². The van der Waals surface area contributed by atoms with Crippen molar-refractivity contribution in [3.05, 3.63) is 58.1 Å². The Kier molecular flexibility index (Phi) is 8.34. The number of nitrogens with one attached hydrogen (secondary N) is 1. The van der Waals surface area contributed by atoms with Crippen LogP contribution in [0, 0.1) is 0 Å². The van der Waals surface area contributed by atoms with E-state index in [9.17, 15) is 18.0 Å². The van der Waals surface area contributed by atoms with Crippen LogP contribution in [-0.4, -0.2) is 19.1 Å². The lowest BCUT2D eigenvalue weighted by Crippen LogP contribution is -2.17. The van der Waals surface area contributed by atoms with E-state index in [1.165, 1.54) is 12.1 Å². The van der Waals surface area contributed by atoms with Gasteiger partial charge >= 0.3 is 6.18 Å². The molecule has 0 aliphatic heterocycles. The second kappa shape index (κ2) is 10.5. The SMILES string of the molecule is CCCCOCc1cc(C(=O)Nc2ccc(Cl)cc2C(F)(F)F)ccc1OCC. The number of benzene rings is 2. The molecule has 0 bridgehead atoms. The molecule has 0 heterocycles. The van der Waals surface area contributed by atoms with Crippen LogP contribution in [0.15, 0.2) is 36.4 Å². The minimum absolute atomic E-state index is 0.0668. The summed E-state index contributed by atoms with van der Waals surface area (Å²) in [6, 6.07) is 7.88. The molecule has 8 heteroatoms. The molecule has 1 N–H and O–H groups in total. The number of rotatable bonds is 9. The fourth-order valence-corrected chi connectivity index (χ4v) is 2.78. The molecule has 0 spiro atoms. The van der Waals surface area contributed by atoms with Crippen molar-refractivity contribution in [3.63, 3.8) is 0 Å². The van der Waals surface area contributed by atoms with Crippen molar-refractivity contribution >= 4 is 23.2 Å². The molecule has 158 valence electrons. The maximum atomic E-state index is 13.2. The number of amides is 1. The maximum absolute atomic E-state index is 13.2. The summed E-state index contributed by atoms with van der Waals surface area (Å²) in [5, 5.41) is 2.25. The molecule has 0 saturated carbocycles. The van der Waals surface area contributed by atoms with Gasteiger partial charge < -0.3 is 14.8 Å². The van der Waals surface area contributed by atoms with E-state index in [1.54, 1.807) is 12.1 Å². The van der Waals surface area contributed by atoms with Crippen molar-refractivity contribution in [3.8, 4) is 5.75 Å². The van der Waals surface area contributed by atoms with E-state index in [0.717, 1.165) is 25.0 Å². The van der Waals surface area contributed by atoms with Crippen LogP contribution in [0.25, 0.3) is 0 Å². The summed E-state index contributed by atoms with van der Waals surface area (Å²) in [5.74, 6) is -0.0984. The molecule has 0 unspecified atom stereocenters. The van der Waals surface area contributed by atoms with E-state index >= 15 is 0 Å². The minimum atomic E-state index is -4.65. The van der Waals surface area contributed by atoms with Crippen LogP contribution in [0.5, 0.6) is 5.75 Å². The summed E-state index contributed by atoms with van der Waals surface area (Å²) in [5.41, 5.74) is -0.512. The molecule has 1 amide bonds. The first-order valence-electron chi connectivity index (χ1n) is 9.27. The second-order valence-corrected chi connectivity index (χ2v) is 6.74. The lowest BCUT2D eigenvalue weighted by atomic mass is 10.1. The van der Waals surface area contributed by atoms with Crippen LogP contribution in [0.4, 0.5) is 18.9 Å². The molecule has 0 saturated heterocycles. The fourth-order valence-electron chi connectivity index (χ4n) is 2.61. The Morgan fingerprint density at radius 1 is 1.14 bits per heavy atom. The quantitative estimate of drug-likeness (QED) is 0.474. The first-order valence-corrected chi connectivity index (χ1v) is 9.65. The zero-order valence-electron chi connectivity index (χ0n) is 16.2. The van der Waals surface area contributed by atoms with Crippen molar-refractivity contribution in [1.29, 1.82) is 0 Å². The van der Waals surface area contributed by atoms with Crippen molar-refractivity contribution in [1.82, 2.24) is 0 Å². The van der Waals surface area contributed by atoms with Crippen LogP contribution in [0.3, 0.4) is 0 Å². The zero-order chi connectivity index (χ0) is 21.4. The molecule has 29 heavy (non-hydrogen) atoms. The number of anilines is 1. The predicted octanol–water partition coefficient (Wildman–Crippen LogP) is 6.33. The normalized spacial score (nSPS) is 11.4. The lowest BCUT2D eigenvalue weighted by molar-refractivity contribution is -0.136. The summed E-state index contributed by atoms with van der Waals surface area (Å²) >= 11 is 5.67. The molecule has 0 atom stereocenters. The average molecular weight is 430 g/mol. The molecule has 0 radical (unpaired) electrons. The molecule has 4 nitrogen and oxygen atoms in total. The monoisotopic (exact) mass is 429 g/mol. The number of hydrogen-bond donors (Lipinski definition) is 1. The number of ether oxygens (including phenoxy) is 2. The second-order valence-electron chi connectivity index (χ2n) is 6.30. The van der Waals surface area contributed by atoms with Crippen LogP contribution in [0.1, 0.15) is 48.2 Å². The van der Waals surface area contributed by atoms with Gasteiger partial charge in [-0.3, -0.25) is 4.79 Å². The highest BCUT2D eigenvalue weighted by molar-refractivity contribution is 6.30. The van der Waals surface area contributed by atoms with Gasteiger partial charge in [0.25, 0.3) is 5.91 Å². The Balaban J connectivity index is 2.24. The van der Waals surface area contributed by atoms with Gasteiger partial charge in [-0.2, -0.15) is 13.2 Å². The first-order chi connectivity index (χ1) is 13.8. The van der Waals surface area contributed by atoms with Gasteiger partial charge in [0, 0.05) is 22.8 Å². The topological polar surface area (TPSA) is 47.6 Å². The maximum Gasteiger partial charge on any atom is 0.418 e. The van der Waals surface area contributed by atoms with Crippen LogP contribution < -0.4 is 10.1 Å². The van der Waals surface area contributed by atoms with E-state index < -0.39 is 17.6 Å². The third-order valence-electron chi connectivity index (χ3n) is 4.06. The van der Waals surface area contributed by atoms with E-state index in [0.29, 0.717) is 24.5 Å². The summed E-state index contributed by atoms with van der Waals surface area (Å²) in [4.78, 5) is 12.6. The van der Waals surface area contributed by atoms with Gasteiger partial charge in [-0.25, -0.2) is 0 Å². The Hall–Kier alpha value is -2.25. The van der Waals surface area contributed by atoms with Gasteiger partial charge in [-0.05, 0) is 49.7 Å². The summed E-state index contributed by atoms with van der Waals surface area (Å²) in [7, 11) is 0. The van der Waals surface area contributed by atoms with Gasteiger partial charge in [0.15, 0.2) is 0 Å². The van der Waals surface area contributed by atoms with Crippen LogP contribution in [0.2, 0.25) is 5.02 Å². The average Bonchev–Trinajstić information content (AvgIpc) is 2.67. The molecule has 2 aromatic carbocycles. The van der Waals surface area contributed by atoms with Gasteiger partial charge in [0.05, 0.1) is 24.5 Å². The molecule has 2 rings (SSSR count). The first kappa shape index (κ1) is 23.0. The third kappa shape index (κ3) is 6.65. The molecular weight excluding hydrogens is 407 g/mol. The molecule has 0 aliphatic carbocycles. The fraction of sp³-hybridized carbons (Fsp3) is 0.381. The van der Waals surface area contributed by atoms with Crippen molar-refractivity contribution < 1.29 is 27.4 Å². The predicted molar refractivity (Wildman–Crippen MR) is 107 cm³/mol. The smallest absolute Gasteiger partial charge is 0.418 e. The van der Waals surface area contributed by atoms with Gasteiger partial charge in [0.2, 0.25) is 0 Å². The van der Waals surface area contributed by atoms with E-state index in [2.05, 4.69) is 5.32 Å². The highest BCUT2D eigenvalue weighted by Gasteiger charge is 2.34. The molecule has 2 aromatic rings. The number of unbranched alkanes of at least 4 members (excludes halogenated alkanes) is 1. The molecular formula is C21H23ClF3NO3. The number of carbonyl (C=O) groups is 1. The Morgan fingerprint density at radius 2 is 1.90 bits per heavy atom. The highest BCUT2D eigenvalue weighted by Crippen LogP contribution is 2.36. The van der Waals surface area contributed by atoms with E-state index in [1.807, 2.05) is 13.8 Å². The summed E-state index contributed by atoms with van der Waals surface area (Å²) < 4.78 is 50.9. The van der Waals surface area contributed by atoms with Gasteiger partial charge in [-0.15, -0.1) is 0 Å². The van der Waals surface area contributed by atoms with Gasteiger partial charge in [-0.1, -0.05) is 24.9 Å². The molecule has 0 aliphatic rings. The number of carbonyl (C=O) groups excluding carboxylic acids is 1. The Bertz CT molecular complexity index is 840. The third-order valence-corrected chi connectivity index (χ3v) is 4.29. The van der Waals surface area contributed by atoms with Crippen LogP contribution >= 0.6 is 11.6 Å². The van der Waals surface area contributed by atoms with E-state index in [-0.39, 0.29) is 22.9 Å². The summed E-state index contributed by atoms with van der Waals surface area (Å²) in [6.45, 7) is 5.13. The molecule has 0 fully saturated rings. The van der Waals surface area contributed by atoms with E-state index in [4.69, 9.17) is 21.1 Å². The minimum Gasteiger partial charge on any atom is -0.494 e. The highest BCUT2D eigenvalue weighted by atomic mass is 35.5. The Labute approximate surface area is 173 Å². The standard InChI is InChI=1S/C21H23ClF3NO3/c1-3-5-10-28-13-15-11-14(6-9-19(15)29-4-2)20(27)26-18-8-7-16(22)12-17(18)21(23,24)25/h6-9,11-12H,3-5,10,13H2,1-2H3,(H,26,27). The van der Waals surface area contributed by atoms with Crippen LogP contribution in [-0.2, 0) is 17.5 Å². The Morgan fingerprint density at radius 3 is 2.55 bits per heavy atom. The zero-order valence-corrected chi connectivity index (χ0v) is 17.0. The number of halogens is 4. The number of alkyl halides is 3. The largest absolute Gasteiger partial charge is 0.494 e. The lowest BCUT2D eigenvalue weighted by Gasteiger charge is -2.15. The molecule has 0 aromatic heterocycles. The summed E-state index contributed by atoms with van der Waals surface area (Å²) in [6.07, 6.45) is -2.76. The number of hydrogen-bond acceptors (Lipinski definition) is 3. The van der Waals surface area contributed by atoms with Crippen molar-refractivity contribution in [2.45, 2.75) is 39.5 Å². The van der Waals surface area contributed by atoms with Crippen molar-refractivity contribution in [2.24, 2.45) is 0 Å². The van der Waals surface area contributed by atoms with Crippen molar-refractivity contribution in [2.75, 3.05) is 18.5 Å².